The van der Waals surface area contributed by atoms with E-state index >= 15 is 0 Å². The first kappa shape index (κ1) is 15.6. The molecule has 3 aromatic rings. The Kier molecular flexibility index (Phi) is 4.06. The van der Waals surface area contributed by atoms with Crippen molar-refractivity contribution in [2.75, 3.05) is 0 Å². The molecule has 1 aliphatic heterocycles. The van der Waals surface area contributed by atoms with E-state index in [-0.39, 0.29) is 17.5 Å². The Morgan fingerprint density at radius 2 is 1.88 bits per heavy atom. The second-order valence-corrected chi connectivity index (χ2v) is 6.12. The Labute approximate surface area is 144 Å². The van der Waals surface area contributed by atoms with E-state index in [0.29, 0.717) is 31.1 Å². The molecule has 25 heavy (non-hydrogen) atoms. The predicted molar refractivity (Wildman–Crippen MR) is 91.1 cm³/mol. The lowest BCUT2D eigenvalue weighted by Crippen LogP contribution is -2.25. The van der Waals surface area contributed by atoms with E-state index in [4.69, 9.17) is 4.74 Å². The molecule has 0 saturated heterocycles. The summed E-state index contributed by atoms with van der Waals surface area (Å²) < 4.78 is 20.5. The van der Waals surface area contributed by atoms with Gasteiger partial charge < -0.3 is 4.74 Å². The van der Waals surface area contributed by atoms with Crippen LogP contribution in [0.3, 0.4) is 0 Å². The van der Waals surface area contributed by atoms with Crippen molar-refractivity contribution in [3.8, 4) is 5.88 Å². The Balaban J connectivity index is 1.51. The fourth-order valence-corrected chi connectivity index (χ4v) is 3.14. The molecule has 1 aromatic heterocycles. The van der Waals surface area contributed by atoms with Crippen LogP contribution in [0.1, 0.15) is 34.0 Å². The van der Waals surface area contributed by atoms with E-state index in [9.17, 15) is 9.18 Å². The number of benzene rings is 2. The van der Waals surface area contributed by atoms with Crippen molar-refractivity contribution >= 4 is 5.78 Å². The maximum absolute atomic E-state index is 13.1. The van der Waals surface area contributed by atoms with Crippen molar-refractivity contribution in [1.82, 2.24) is 9.78 Å². The number of Topliss-reactive ketones (excluding diaryl/α,β-unsaturated/α-hetero) is 1. The summed E-state index contributed by atoms with van der Waals surface area (Å²) in [6, 6.07) is 17.6. The van der Waals surface area contributed by atoms with Gasteiger partial charge in [-0.3, -0.25) is 9.48 Å². The summed E-state index contributed by atoms with van der Waals surface area (Å²) >= 11 is 0. The van der Waals surface area contributed by atoms with E-state index in [0.717, 1.165) is 11.1 Å². The number of hydrogen-bond donors (Lipinski definition) is 0. The maximum Gasteiger partial charge on any atom is 0.233 e. The number of carbonyl (C=O) groups excluding carboxylic acids is 1. The van der Waals surface area contributed by atoms with Crippen LogP contribution in [0, 0.1) is 5.82 Å². The van der Waals surface area contributed by atoms with Gasteiger partial charge >= 0.3 is 0 Å². The van der Waals surface area contributed by atoms with E-state index in [1.807, 2.05) is 30.3 Å². The third-order valence-electron chi connectivity index (χ3n) is 4.46. The van der Waals surface area contributed by atoms with Gasteiger partial charge in [0.05, 0.1) is 5.92 Å². The van der Waals surface area contributed by atoms with Crippen LogP contribution < -0.4 is 4.74 Å². The fourth-order valence-electron chi connectivity index (χ4n) is 3.14. The second-order valence-electron chi connectivity index (χ2n) is 6.12. The van der Waals surface area contributed by atoms with Crippen LogP contribution >= 0.6 is 0 Å². The predicted octanol–water partition coefficient (Wildman–Crippen LogP) is 3.97. The first-order valence-electron chi connectivity index (χ1n) is 8.25. The summed E-state index contributed by atoms with van der Waals surface area (Å²) in [4.78, 5) is 12.8. The van der Waals surface area contributed by atoms with E-state index < -0.39 is 0 Å². The number of halogens is 1. The Morgan fingerprint density at radius 3 is 2.64 bits per heavy atom. The minimum Gasteiger partial charge on any atom is -0.472 e. The molecule has 0 spiro atoms. The minimum atomic E-state index is -0.298. The van der Waals surface area contributed by atoms with Crippen LogP contribution in [-0.2, 0) is 13.2 Å². The quantitative estimate of drug-likeness (QED) is 0.724. The molecule has 2 aromatic carbocycles. The normalized spacial score (nSPS) is 16.5. The summed E-state index contributed by atoms with van der Waals surface area (Å²) in [6.45, 7) is 1.05. The monoisotopic (exact) mass is 336 g/mol. The van der Waals surface area contributed by atoms with Gasteiger partial charge in [-0.2, -0.15) is 0 Å². The zero-order valence-electron chi connectivity index (χ0n) is 13.6. The molecule has 0 bridgehead atoms. The van der Waals surface area contributed by atoms with Gasteiger partial charge in [-0.25, -0.2) is 4.39 Å². The summed E-state index contributed by atoms with van der Waals surface area (Å²) in [7, 11) is 0. The SMILES string of the molecule is O=C1c2cc(OCc3ccccc3)nn2CCC1c1ccc(F)cc1. The molecule has 0 saturated carbocycles. The summed E-state index contributed by atoms with van der Waals surface area (Å²) in [5, 5.41) is 4.37. The Hall–Kier alpha value is -2.95. The first-order valence-corrected chi connectivity index (χ1v) is 8.25. The molecule has 0 amide bonds. The zero-order chi connectivity index (χ0) is 17.2. The highest BCUT2D eigenvalue weighted by molar-refractivity contribution is 6.00. The number of hydrogen-bond acceptors (Lipinski definition) is 3. The van der Waals surface area contributed by atoms with Crippen molar-refractivity contribution in [2.45, 2.75) is 25.5 Å². The topological polar surface area (TPSA) is 44.1 Å². The first-order chi connectivity index (χ1) is 12.2. The summed E-state index contributed by atoms with van der Waals surface area (Å²) in [5.41, 5.74) is 2.43. The largest absolute Gasteiger partial charge is 0.472 e. The van der Waals surface area contributed by atoms with Crippen molar-refractivity contribution in [2.24, 2.45) is 0 Å². The summed E-state index contributed by atoms with van der Waals surface area (Å²) in [6.07, 6.45) is 0.650. The lowest BCUT2D eigenvalue weighted by Gasteiger charge is -2.21. The molecule has 0 N–H and O–H groups in total. The van der Waals surface area contributed by atoms with Crippen molar-refractivity contribution in [1.29, 1.82) is 0 Å². The number of fused-ring (bicyclic) bond motifs is 1. The van der Waals surface area contributed by atoms with Crippen LogP contribution in [0.2, 0.25) is 0 Å². The fraction of sp³-hybridized carbons (Fsp3) is 0.200. The minimum absolute atomic E-state index is 0.0000747. The number of rotatable bonds is 4. The number of nitrogens with zero attached hydrogens (tertiary/aromatic N) is 2. The molecule has 2 heterocycles. The molecule has 0 radical (unpaired) electrons. The van der Waals surface area contributed by atoms with Gasteiger partial charge in [0, 0.05) is 12.6 Å². The van der Waals surface area contributed by atoms with Crippen molar-refractivity contribution in [3.63, 3.8) is 0 Å². The molecule has 1 unspecified atom stereocenters. The van der Waals surface area contributed by atoms with Gasteiger partial charge in [0.15, 0.2) is 5.78 Å². The highest BCUT2D eigenvalue weighted by atomic mass is 19.1. The molecule has 4 rings (SSSR count). The smallest absolute Gasteiger partial charge is 0.233 e. The van der Waals surface area contributed by atoms with E-state index in [1.165, 1.54) is 12.1 Å². The van der Waals surface area contributed by atoms with Crippen LogP contribution in [0.4, 0.5) is 4.39 Å². The molecule has 1 atom stereocenters. The van der Waals surface area contributed by atoms with Gasteiger partial charge in [-0.05, 0) is 29.7 Å². The number of aromatic nitrogens is 2. The average Bonchev–Trinajstić information content (AvgIpc) is 3.06. The van der Waals surface area contributed by atoms with Gasteiger partial charge in [-0.1, -0.05) is 42.5 Å². The Morgan fingerprint density at radius 1 is 1.12 bits per heavy atom. The number of carbonyl (C=O) groups is 1. The molecular formula is C20H17FN2O2. The van der Waals surface area contributed by atoms with E-state index in [1.54, 1.807) is 22.9 Å². The van der Waals surface area contributed by atoms with Crippen LogP contribution in [0.15, 0.2) is 60.7 Å². The van der Waals surface area contributed by atoms with Gasteiger partial charge in [0.1, 0.15) is 18.1 Å². The molecule has 5 heteroatoms. The van der Waals surface area contributed by atoms with Crippen LogP contribution in [0.25, 0.3) is 0 Å². The lowest BCUT2D eigenvalue weighted by molar-refractivity contribution is 0.0922. The van der Waals surface area contributed by atoms with Crippen LogP contribution in [0.5, 0.6) is 5.88 Å². The molecule has 4 nitrogen and oxygen atoms in total. The summed E-state index contributed by atoms with van der Waals surface area (Å²) in [5.74, 6) is -0.104. The van der Waals surface area contributed by atoms with Gasteiger partial charge in [-0.15, -0.1) is 5.10 Å². The second kappa shape index (κ2) is 6.51. The number of aryl methyl sites for hydroxylation is 1. The molecule has 1 aliphatic rings. The average molecular weight is 336 g/mol. The molecular weight excluding hydrogens is 319 g/mol. The highest BCUT2D eigenvalue weighted by Gasteiger charge is 2.30. The van der Waals surface area contributed by atoms with E-state index in [2.05, 4.69) is 5.10 Å². The van der Waals surface area contributed by atoms with Crippen molar-refractivity contribution in [3.05, 3.63) is 83.3 Å². The van der Waals surface area contributed by atoms with Gasteiger partial charge in [0.2, 0.25) is 5.88 Å². The Bertz CT molecular complexity index is 888. The zero-order valence-corrected chi connectivity index (χ0v) is 13.6. The van der Waals surface area contributed by atoms with Crippen molar-refractivity contribution < 1.29 is 13.9 Å². The lowest BCUT2D eigenvalue weighted by atomic mass is 9.88. The third kappa shape index (κ3) is 3.18. The standard InChI is InChI=1S/C20H17FN2O2/c21-16-8-6-15(7-9-16)17-10-11-23-18(20(17)24)12-19(22-23)25-13-14-4-2-1-3-5-14/h1-9,12,17H,10-11,13H2. The molecule has 0 aliphatic carbocycles. The third-order valence-corrected chi connectivity index (χ3v) is 4.46. The van der Waals surface area contributed by atoms with Gasteiger partial charge in [0.25, 0.3) is 0 Å². The highest BCUT2D eigenvalue weighted by Crippen LogP contribution is 2.31. The maximum atomic E-state index is 13.1. The van der Waals surface area contributed by atoms with Crippen LogP contribution in [-0.4, -0.2) is 15.6 Å². The number of ketones is 1. The molecule has 126 valence electrons. The number of ether oxygens (including phenoxy) is 1. The molecule has 0 fully saturated rings.